The molecule has 1 N–H and O–H groups in total. The van der Waals surface area contributed by atoms with Crippen molar-refractivity contribution in [2.75, 3.05) is 5.32 Å². The van der Waals surface area contributed by atoms with E-state index in [0.29, 0.717) is 5.13 Å². The molecule has 0 saturated carbocycles. The number of thiazole rings is 2. The zero-order valence-corrected chi connectivity index (χ0v) is 17.2. The first-order valence-corrected chi connectivity index (χ1v) is 10.9. The molecule has 0 radical (unpaired) electrons. The molecular formula is C17H11BrN4OS3. The third-order valence-corrected chi connectivity index (χ3v) is 6.89. The fraction of sp³-hybridized carbons (Fsp3) is 0.0588. The lowest BCUT2D eigenvalue weighted by atomic mass is 10.2. The average Bonchev–Trinajstić information content (AvgIpc) is 3.37. The summed E-state index contributed by atoms with van der Waals surface area (Å²) in [5.41, 5.74) is 2.49. The van der Waals surface area contributed by atoms with Gasteiger partial charge in [0.1, 0.15) is 5.01 Å². The van der Waals surface area contributed by atoms with Crippen molar-refractivity contribution in [3.05, 3.63) is 56.9 Å². The van der Waals surface area contributed by atoms with Crippen LogP contribution in [-0.2, 0) is 11.2 Å². The van der Waals surface area contributed by atoms with E-state index in [-0.39, 0.29) is 12.3 Å². The fourth-order valence-corrected chi connectivity index (χ4v) is 5.30. The quantitative estimate of drug-likeness (QED) is 0.434. The number of carbonyl (C=O) groups excluding carboxylic acids is 1. The third-order valence-electron chi connectivity index (χ3n) is 3.38. The van der Waals surface area contributed by atoms with Crippen LogP contribution in [0.15, 0.2) is 51.2 Å². The monoisotopic (exact) mass is 462 g/mol. The molecule has 0 aliphatic heterocycles. The van der Waals surface area contributed by atoms with Crippen LogP contribution in [-0.4, -0.2) is 20.9 Å². The van der Waals surface area contributed by atoms with Crippen LogP contribution in [0.4, 0.5) is 5.13 Å². The number of thiophene rings is 1. The van der Waals surface area contributed by atoms with Crippen LogP contribution in [0.1, 0.15) is 5.69 Å². The Bertz CT molecular complexity index is 1040. The minimum Gasteiger partial charge on any atom is -0.302 e. The summed E-state index contributed by atoms with van der Waals surface area (Å²) in [6.07, 6.45) is 3.70. The maximum Gasteiger partial charge on any atom is 0.232 e. The largest absolute Gasteiger partial charge is 0.302 e. The lowest BCUT2D eigenvalue weighted by molar-refractivity contribution is -0.115. The van der Waals surface area contributed by atoms with E-state index in [0.717, 1.165) is 31.3 Å². The second-order valence-corrected chi connectivity index (χ2v) is 8.82. The van der Waals surface area contributed by atoms with Gasteiger partial charge in [-0.05, 0) is 34.1 Å². The van der Waals surface area contributed by atoms with Crippen molar-refractivity contribution in [2.45, 2.75) is 6.42 Å². The number of nitrogens with one attached hydrogen (secondary N) is 1. The first-order valence-electron chi connectivity index (χ1n) is 7.52. The summed E-state index contributed by atoms with van der Waals surface area (Å²) in [6, 6.07) is 5.83. The van der Waals surface area contributed by atoms with Crippen molar-refractivity contribution in [1.29, 1.82) is 0 Å². The second-order valence-electron chi connectivity index (χ2n) is 5.28. The number of anilines is 1. The lowest BCUT2D eigenvalue weighted by Crippen LogP contribution is -2.14. The van der Waals surface area contributed by atoms with Crippen molar-refractivity contribution < 1.29 is 4.79 Å². The average molecular weight is 463 g/mol. The molecule has 0 fully saturated rings. The molecule has 0 unspecified atom stereocenters. The maximum absolute atomic E-state index is 12.3. The molecule has 4 heterocycles. The number of halogens is 1. The number of amides is 1. The van der Waals surface area contributed by atoms with Crippen molar-refractivity contribution in [3.8, 4) is 21.1 Å². The molecule has 4 aromatic heterocycles. The first kappa shape index (κ1) is 17.5. The van der Waals surface area contributed by atoms with E-state index in [9.17, 15) is 4.79 Å². The van der Waals surface area contributed by atoms with Crippen LogP contribution >= 0.6 is 49.9 Å². The summed E-state index contributed by atoms with van der Waals surface area (Å²) in [4.78, 5) is 26.4. The summed E-state index contributed by atoms with van der Waals surface area (Å²) < 4.78 is 1.04. The topological polar surface area (TPSA) is 67.8 Å². The van der Waals surface area contributed by atoms with Crippen LogP contribution in [0.3, 0.4) is 0 Å². The van der Waals surface area contributed by atoms with Gasteiger partial charge in [-0.2, -0.15) is 0 Å². The van der Waals surface area contributed by atoms with Gasteiger partial charge in [0.25, 0.3) is 0 Å². The zero-order chi connectivity index (χ0) is 17.9. The summed E-state index contributed by atoms with van der Waals surface area (Å²) in [6.45, 7) is 0. The van der Waals surface area contributed by atoms with Crippen molar-refractivity contribution >= 4 is 61.0 Å². The molecular weight excluding hydrogens is 452 g/mol. The van der Waals surface area contributed by atoms with Crippen LogP contribution < -0.4 is 5.32 Å². The Hall–Kier alpha value is -1.94. The normalized spacial score (nSPS) is 10.8. The number of nitrogens with zero attached hydrogens (tertiary/aromatic N) is 3. The molecule has 4 aromatic rings. The summed E-state index contributed by atoms with van der Waals surface area (Å²) in [7, 11) is 0. The van der Waals surface area contributed by atoms with Crippen LogP contribution in [0.2, 0.25) is 0 Å². The van der Waals surface area contributed by atoms with E-state index in [4.69, 9.17) is 0 Å². The van der Waals surface area contributed by atoms with Gasteiger partial charge in [-0.25, -0.2) is 9.97 Å². The molecule has 0 atom stereocenters. The highest BCUT2D eigenvalue weighted by Gasteiger charge is 2.12. The van der Waals surface area contributed by atoms with E-state index in [1.54, 1.807) is 35.1 Å². The Morgan fingerprint density at radius 3 is 2.85 bits per heavy atom. The van der Waals surface area contributed by atoms with Crippen molar-refractivity contribution in [3.63, 3.8) is 0 Å². The predicted molar refractivity (Wildman–Crippen MR) is 111 cm³/mol. The molecule has 5 nitrogen and oxygen atoms in total. The molecule has 0 aliphatic carbocycles. The van der Waals surface area contributed by atoms with E-state index in [1.165, 1.54) is 11.3 Å². The fourth-order valence-electron chi connectivity index (χ4n) is 2.23. The highest BCUT2D eigenvalue weighted by atomic mass is 79.9. The number of aromatic nitrogens is 3. The van der Waals surface area contributed by atoms with Gasteiger partial charge in [0, 0.05) is 38.6 Å². The van der Waals surface area contributed by atoms with Gasteiger partial charge in [-0.15, -0.1) is 34.0 Å². The van der Waals surface area contributed by atoms with E-state index in [2.05, 4.69) is 36.2 Å². The van der Waals surface area contributed by atoms with Crippen LogP contribution in [0, 0.1) is 0 Å². The van der Waals surface area contributed by atoms with Gasteiger partial charge in [0.2, 0.25) is 5.91 Å². The number of carbonyl (C=O) groups is 1. The van der Waals surface area contributed by atoms with Gasteiger partial charge in [0.15, 0.2) is 5.13 Å². The Labute approximate surface area is 169 Å². The SMILES string of the molecule is O=C(Cc1csc(-c2cc(Br)cs2)n1)Nc1nc(-c2cccnc2)cs1. The Kier molecular flexibility index (Phi) is 5.21. The molecule has 9 heteroatoms. The lowest BCUT2D eigenvalue weighted by Gasteiger charge is -1.99. The van der Waals surface area contributed by atoms with Gasteiger partial charge < -0.3 is 5.32 Å². The molecule has 0 aliphatic rings. The van der Waals surface area contributed by atoms with E-state index < -0.39 is 0 Å². The summed E-state index contributed by atoms with van der Waals surface area (Å²) in [5, 5.41) is 10.2. The first-order chi connectivity index (χ1) is 12.7. The molecule has 4 rings (SSSR count). The second kappa shape index (κ2) is 7.75. The van der Waals surface area contributed by atoms with E-state index >= 15 is 0 Å². The molecule has 130 valence electrons. The molecule has 0 saturated heterocycles. The maximum atomic E-state index is 12.3. The molecule has 1 amide bonds. The highest BCUT2D eigenvalue weighted by Crippen LogP contribution is 2.32. The summed E-state index contributed by atoms with van der Waals surface area (Å²) in [5.74, 6) is -0.124. The number of pyridine rings is 1. The van der Waals surface area contributed by atoms with Gasteiger partial charge >= 0.3 is 0 Å². The third kappa shape index (κ3) is 4.07. The van der Waals surface area contributed by atoms with E-state index in [1.807, 2.05) is 34.3 Å². The van der Waals surface area contributed by atoms with Crippen LogP contribution in [0.5, 0.6) is 0 Å². The zero-order valence-electron chi connectivity index (χ0n) is 13.2. The van der Waals surface area contributed by atoms with Gasteiger partial charge in [-0.1, -0.05) is 0 Å². The Balaban J connectivity index is 1.40. The molecule has 0 bridgehead atoms. The van der Waals surface area contributed by atoms with Crippen molar-refractivity contribution in [1.82, 2.24) is 15.0 Å². The number of hydrogen-bond donors (Lipinski definition) is 1. The highest BCUT2D eigenvalue weighted by molar-refractivity contribution is 9.10. The standard InChI is InChI=1S/C17H11BrN4OS3/c18-11-4-14(24-7-11)16-20-12(8-25-16)5-15(23)22-17-21-13(9-26-17)10-2-1-3-19-6-10/h1-4,6-9H,5H2,(H,21,22,23). The minimum atomic E-state index is -0.124. The van der Waals surface area contributed by atoms with Crippen molar-refractivity contribution in [2.24, 2.45) is 0 Å². The number of rotatable bonds is 5. The van der Waals surface area contributed by atoms with Gasteiger partial charge in [0.05, 0.1) is 22.7 Å². The minimum absolute atomic E-state index is 0.124. The number of hydrogen-bond acceptors (Lipinski definition) is 7. The molecule has 26 heavy (non-hydrogen) atoms. The summed E-state index contributed by atoms with van der Waals surface area (Å²) >= 11 is 8.01. The Morgan fingerprint density at radius 2 is 2.08 bits per heavy atom. The molecule has 0 spiro atoms. The smallest absolute Gasteiger partial charge is 0.232 e. The van der Waals surface area contributed by atoms with Crippen LogP contribution in [0.25, 0.3) is 21.1 Å². The predicted octanol–water partition coefficient (Wildman–Crippen LogP) is 5.33. The van der Waals surface area contributed by atoms with Gasteiger partial charge in [-0.3, -0.25) is 9.78 Å². The Morgan fingerprint density at radius 1 is 1.15 bits per heavy atom. The molecule has 0 aromatic carbocycles.